The number of fused-ring (bicyclic) bond motifs is 4. The number of nitrogens with one attached hydrogen (secondary N) is 3. The molecule has 3 aromatic carbocycles. The van der Waals surface area contributed by atoms with E-state index >= 15 is 0 Å². The molecule has 4 aromatic rings. The minimum Gasteiger partial charge on any atom is -0.341 e. The quantitative estimate of drug-likeness (QED) is 0.317. The van der Waals surface area contributed by atoms with Crippen LogP contribution in [-0.2, 0) is 0 Å². The van der Waals surface area contributed by atoms with Crippen molar-refractivity contribution in [2.75, 3.05) is 5.32 Å². The van der Waals surface area contributed by atoms with Gasteiger partial charge in [-0.3, -0.25) is 24.9 Å². The van der Waals surface area contributed by atoms with Crippen LogP contribution in [-0.4, -0.2) is 14.9 Å². The second-order valence-corrected chi connectivity index (χ2v) is 6.85. The van der Waals surface area contributed by atoms with Gasteiger partial charge in [-0.2, -0.15) is 0 Å². The van der Waals surface area contributed by atoms with Crippen LogP contribution in [0.3, 0.4) is 0 Å². The van der Waals surface area contributed by atoms with Gasteiger partial charge >= 0.3 is 5.69 Å². The molecule has 142 valence electrons. The second-order valence-electron chi connectivity index (χ2n) is 6.85. The van der Waals surface area contributed by atoms with E-state index in [2.05, 4.69) is 15.3 Å². The number of H-pyrrole nitrogens is 2. The van der Waals surface area contributed by atoms with Crippen LogP contribution in [0.2, 0.25) is 0 Å². The average Bonchev–Trinajstić information content (AvgIpc) is 2.72. The van der Waals surface area contributed by atoms with Crippen LogP contribution >= 0.6 is 0 Å². The van der Waals surface area contributed by atoms with Gasteiger partial charge in [0.05, 0.1) is 10.5 Å². The van der Waals surface area contributed by atoms with E-state index < -0.39 is 22.1 Å². The van der Waals surface area contributed by atoms with Crippen molar-refractivity contribution >= 4 is 28.0 Å². The summed E-state index contributed by atoms with van der Waals surface area (Å²) in [5.74, 6) is -0.182. The first-order chi connectivity index (χ1) is 14.0. The molecule has 0 spiro atoms. The first-order valence-electron chi connectivity index (χ1n) is 8.92. The summed E-state index contributed by atoms with van der Waals surface area (Å²) in [4.78, 5) is 40.1. The molecule has 0 saturated heterocycles. The first-order valence-corrected chi connectivity index (χ1v) is 8.92. The Morgan fingerprint density at radius 3 is 2.38 bits per heavy atom. The molecule has 1 aliphatic rings. The van der Waals surface area contributed by atoms with Gasteiger partial charge in [-0.25, -0.2) is 4.79 Å². The maximum absolute atomic E-state index is 12.8. The lowest BCUT2D eigenvalue weighted by molar-refractivity contribution is -0.384. The van der Waals surface area contributed by atoms with Gasteiger partial charge in [0.1, 0.15) is 5.82 Å². The molecule has 0 aliphatic carbocycles. The molecule has 1 aliphatic heterocycles. The van der Waals surface area contributed by atoms with E-state index in [1.807, 2.05) is 36.4 Å². The van der Waals surface area contributed by atoms with Crippen molar-refractivity contribution in [1.82, 2.24) is 9.97 Å². The lowest BCUT2D eigenvalue weighted by atomic mass is 9.80. The van der Waals surface area contributed by atoms with Gasteiger partial charge in [0, 0.05) is 23.7 Å². The van der Waals surface area contributed by atoms with Gasteiger partial charge in [0.15, 0.2) is 0 Å². The van der Waals surface area contributed by atoms with Crippen LogP contribution in [0.5, 0.6) is 0 Å². The number of nitrogens with zero attached hydrogens (tertiary/aromatic N) is 1. The Morgan fingerprint density at radius 2 is 1.62 bits per heavy atom. The fourth-order valence-corrected chi connectivity index (χ4v) is 3.99. The third-order valence-electron chi connectivity index (χ3n) is 5.22. The lowest BCUT2D eigenvalue weighted by Crippen LogP contribution is -2.31. The van der Waals surface area contributed by atoms with Crippen molar-refractivity contribution in [2.24, 2.45) is 0 Å². The summed E-state index contributed by atoms with van der Waals surface area (Å²) in [5, 5.41) is 16.2. The van der Waals surface area contributed by atoms with Crippen molar-refractivity contribution in [3.63, 3.8) is 0 Å². The number of aromatic nitrogens is 2. The monoisotopic (exact) mass is 386 g/mol. The van der Waals surface area contributed by atoms with E-state index in [0.29, 0.717) is 16.9 Å². The van der Waals surface area contributed by atoms with Crippen LogP contribution in [0.1, 0.15) is 22.6 Å². The topological polar surface area (TPSA) is 121 Å². The van der Waals surface area contributed by atoms with Crippen LogP contribution in [0, 0.1) is 10.1 Å². The number of nitro groups is 1. The van der Waals surface area contributed by atoms with Gasteiger partial charge in [-0.15, -0.1) is 0 Å². The predicted molar refractivity (Wildman–Crippen MR) is 109 cm³/mol. The van der Waals surface area contributed by atoms with E-state index in [9.17, 15) is 19.7 Å². The average molecular weight is 386 g/mol. The van der Waals surface area contributed by atoms with Crippen LogP contribution in [0.4, 0.5) is 17.2 Å². The van der Waals surface area contributed by atoms with Crippen LogP contribution in [0.15, 0.2) is 70.3 Å². The molecule has 0 saturated carbocycles. The highest BCUT2D eigenvalue weighted by Crippen LogP contribution is 2.45. The van der Waals surface area contributed by atoms with Crippen LogP contribution < -0.4 is 16.6 Å². The molecule has 1 atom stereocenters. The van der Waals surface area contributed by atoms with Crippen LogP contribution in [0.25, 0.3) is 10.8 Å². The van der Waals surface area contributed by atoms with Gasteiger partial charge in [-0.05, 0) is 28.0 Å². The highest BCUT2D eigenvalue weighted by atomic mass is 16.6. The summed E-state index contributed by atoms with van der Waals surface area (Å²) in [6.07, 6.45) is 0. The van der Waals surface area contributed by atoms with Gasteiger partial charge in [0.25, 0.3) is 11.2 Å². The van der Waals surface area contributed by atoms with Crippen molar-refractivity contribution in [3.05, 3.63) is 108 Å². The molecule has 1 aromatic heterocycles. The molecule has 0 amide bonds. The number of anilines is 2. The molecule has 0 fully saturated rings. The summed E-state index contributed by atoms with van der Waals surface area (Å²) in [6, 6.07) is 17.8. The number of hydrogen-bond donors (Lipinski definition) is 3. The summed E-state index contributed by atoms with van der Waals surface area (Å²) in [5.41, 5.74) is 1.58. The summed E-state index contributed by atoms with van der Waals surface area (Å²) < 4.78 is 0. The van der Waals surface area contributed by atoms with E-state index in [4.69, 9.17) is 0 Å². The molecule has 3 N–H and O–H groups in total. The van der Waals surface area contributed by atoms with Gasteiger partial charge in [-0.1, -0.05) is 42.5 Å². The summed E-state index contributed by atoms with van der Waals surface area (Å²) in [6.45, 7) is 0. The highest BCUT2D eigenvalue weighted by Gasteiger charge is 2.32. The predicted octanol–water partition coefficient (Wildman–Crippen LogP) is 3.36. The zero-order chi connectivity index (χ0) is 20.1. The smallest absolute Gasteiger partial charge is 0.327 e. The van der Waals surface area contributed by atoms with Crippen molar-refractivity contribution in [1.29, 1.82) is 0 Å². The number of non-ortho nitro benzene ring substituents is 1. The molecule has 5 rings (SSSR count). The zero-order valence-corrected chi connectivity index (χ0v) is 14.9. The molecule has 8 nitrogen and oxygen atoms in total. The SMILES string of the molecule is O=c1[nH]c2c(c(=O)[nH]1)C(c1ccc([N+](=O)[O-])cc1)c1c(ccc3ccccc13)N2. The minimum absolute atomic E-state index is 0.0311. The van der Waals surface area contributed by atoms with Crippen molar-refractivity contribution in [3.8, 4) is 0 Å². The molecule has 2 heterocycles. The molecule has 29 heavy (non-hydrogen) atoms. The van der Waals surface area contributed by atoms with E-state index in [-0.39, 0.29) is 5.69 Å². The Bertz CT molecular complexity index is 1400. The van der Waals surface area contributed by atoms with Gasteiger partial charge < -0.3 is 5.32 Å². The maximum atomic E-state index is 12.8. The third-order valence-corrected chi connectivity index (χ3v) is 5.22. The standard InChI is InChI=1S/C21H14N4O4/c26-20-18-16(12-5-8-13(9-6-12)25(28)29)17-14-4-2-1-3-11(14)7-10-15(17)22-19(18)23-21(27)24-20/h1-10,16H,(H3,22,23,24,26,27). The normalized spacial score (nSPS) is 14.7. The largest absolute Gasteiger partial charge is 0.341 e. The number of benzene rings is 3. The van der Waals surface area contributed by atoms with E-state index in [0.717, 1.165) is 22.0 Å². The first kappa shape index (κ1) is 16.9. The summed E-state index contributed by atoms with van der Waals surface area (Å²) in [7, 11) is 0. The Kier molecular flexibility index (Phi) is 3.60. The maximum Gasteiger partial charge on any atom is 0.327 e. The Labute approximate surface area is 163 Å². The van der Waals surface area contributed by atoms with E-state index in [1.54, 1.807) is 12.1 Å². The second kappa shape index (κ2) is 6.16. The van der Waals surface area contributed by atoms with Crippen molar-refractivity contribution in [2.45, 2.75) is 5.92 Å². The third kappa shape index (κ3) is 2.61. The Balaban J connectivity index is 1.85. The number of aromatic amines is 2. The molecular formula is C21H14N4O4. The molecule has 1 unspecified atom stereocenters. The number of hydrogen-bond acceptors (Lipinski definition) is 5. The Morgan fingerprint density at radius 1 is 0.862 bits per heavy atom. The fraction of sp³-hybridized carbons (Fsp3) is 0.0476. The zero-order valence-electron chi connectivity index (χ0n) is 14.9. The minimum atomic E-state index is -0.604. The van der Waals surface area contributed by atoms with E-state index in [1.165, 1.54) is 12.1 Å². The van der Waals surface area contributed by atoms with Gasteiger partial charge in [0.2, 0.25) is 0 Å². The summed E-state index contributed by atoms with van der Waals surface area (Å²) >= 11 is 0. The van der Waals surface area contributed by atoms with Crippen molar-refractivity contribution < 1.29 is 4.92 Å². The molecular weight excluding hydrogens is 372 g/mol. The number of nitro benzene ring substituents is 1. The molecule has 0 radical (unpaired) electrons. The molecule has 8 heteroatoms. The highest BCUT2D eigenvalue weighted by molar-refractivity contribution is 5.94. The fourth-order valence-electron chi connectivity index (χ4n) is 3.99. The number of rotatable bonds is 2. The Hall–Kier alpha value is -4.20. The lowest BCUT2D eigenvalue weighted by Gasteiger charge is -2.29. The molecule has 0 bridgehead atoms.